The van der Waals surface area contributed by atoms with Crippen molar-refractivity contribution in [2.45, 2.75) is 26.9 Å². The molecule has 0 bridgehead atoms. The lowest BCUT2D eigenvalue weighted by Crippen LogP contribution is -2.44. The van der Waals surface area contributed by atoms with Crippen LogP contribution in [0.2, 0.25) is 0 Å². The zero-order valence-electron chi connectivity index (χ0n) is 11.1. The third-order valence-corrected chi connectivity index (χ3v) is 3.28. The predicted molar refractivity (Wildman–Crippen MR) is 72.8 cm³/mol. The Labute approximate surface area is 111 Å². The Morgan fingerprint density at radius 2 is 2.00 bits per heavy atom. The first-order valence-corrected chi connectivity index (χ1v) is 5.97. The fourth-order valence-electron chi connectivity index (χ4n) is 1.53. The Hall–Kier alpha value is -2.08. The second kappa shape index (κ2) is 6.19. The highest BCUT2D eigenvalue weighted by Gasteiger charge is 2.36. The van der Waals surface area contributed by atoms with E-state index in [-0.39, 0.29) is 18.3 Å². The van der Waals surface area contributed by atoms with Crippen molar-refractivity contribution in [2.24, 2.45) is 16.3 Å². The minimum Gasteiger partial charge on any atom is -0.409 e. The van der Waals surface area contributed by atoms with Crippen LogP contribution in [0.5, 0.6) is 0 Å². The minimum absolute atomic E-state index is 0.0506. The van der Waals surface area contributed by atoms with Gasteiger partial charge >= 0.3 is 0 Å². The zero-order valence-corrected chi connectivity index (χ0v) is 11.1. The van der Waals surface area contributed by atoms with Crippen LogP contribution in [-0.2, 0) is 11.4 Å². The van der Waals surface area contributed by atoms with Crippen LogP contribution in [0.1, 0.15) is 25.8 Å². The number of aliphatic hydroxyl groups is 1. The van der Waals surface area contributed by atoms with Crippen LogP contribution in [0.15, 0.2) is 29.4 Å². The number of rotatable bonds is 5. The molecule has 0 saturated carbocycles. The van der Waals surface area contributed by atoms with E-state index in [2.05, 4.69) is 10.5 Å². The van der Waals surface area contributed by atoms with Gasteiger partial charge in [-0.2, -0.15) is 0 Å². The van der Waals surface area contributed by atoms with Crippen LogP contribution in [-0.4, -0.2) is 22.1 Å². The maximum Gasteiger partial charge on any atom is 0.238 e. The van der Waals surface area contributed by atoms with E-state index in [0.717, 1.165) is 5.56 Å². The summed E-state index contributed by atoms with van der Waals surface area (Å²) >= 11 is 0. The molecule has 1 aromatic carbocycles. The largest absolute Gasteiger partial charge is 0.409 e. The van der Waals surface area contributed by atoms with E-state index in [1.807, 2.05) is 0 Å². The molecule has 6 heteroatoms. The monoisotopic (exact) mass is 265 g/mol. The molecule has 0 radical (unpaired) electrons. The highest BCUT2D eigenvalue weighted by Crippen LogP contribution is 2.24. The summed E-state index contributed by atoms with van der Waals surface area (Å²) < 4.78 is 0. The summed E-state index contributed by atoms with van der Waals surface area (Å²) in [6, 6.07) is 6.79. The maximum absolute atomic E-state index is 12.2. The quantitative estimate of drug-likeness (QED) is 0.278. The SMILES string of the molecule is CCC(C)(C(=O)Nc1ccc(CO)cc1)/C(N)=N/O. The number of nitrogens with one attached hydrogen (secondary N) is 1. The van der Waals surface area contributed by atoms with Crippen LogP contribution in [0.3, 0.4) is 0 Å². The van der Waals surface area contributed by atoms with Crippen molar-refractivity contribution in [3.63, 3.8) is 0 Å². The summed E-state index contributed by atoms with van der Waals surface area (Å²) in [4.78, 5) is 12.2. The Morgan fingerprint density at radius 3 is 2.42 bits per heavy atom. The van der Waals surface area contributed by atoms with Gasteiger partial charge in [0.05, 0.1) is 6.61 Å². The normalized spacial score (nSPS) is 14.8. The molecule has 1 atom stereocenters. The number of aliphatic hydroxyl groups excluding tert-OH is 1. The van der Waals surface area contributed by atoms with E-state index in [1.165, 1.54) is 0 Å². The van der Waals surface area contributed by atoms with Crippen LogP contribution in [0, 0.1) is 5.41 Å². The molecule has 0 aliphatic rings. The first-order chi connectivity index (χ1) is 8.97. The minimum atomic E-state index is -1.07. The summed E-state index contributed by atoms with van der Waals surface area (Å²) in [5.41, 5.74) is 5.85. The number of anilines is 1. The summed E-state index contributed by atoms with van der Waals surface area (Å²) in [7, 11) is 0. The average Bonchev–Trinajstić information content (AvgIpc) is 2.46. The van der Waals surface area contributed by atoms with Gasteiger partial charge in [-0.25, -0.2) is 0 Å². The average molecular weight is 265 g/mol. The molecule has 19 heavy (non-hydrogen) atoms. The molecule has 0 aliphatic carbocycles. The number of hydrogen-bond acceptors (Lipinski definition) is 4. The van der Waals surface area contributed by atoms with Crippen molar-refractivity contribution in [3.05, 3.63) is 29.8 Å². The Bertz CT molecular complexity index is 471. The Kier molecular flexibility index (Phi) is 4.88. The molecule has 1 amide bonds. The number of carbonyl (C=O) groups excluding carboxylic acids is 1. The number of oxime groups is 1. The van der Waals surface area contributed by atoms with Crippen molar-refractivity contribution in [1.29, 1.82) is 0 Å². The third kappa shape index (κ3) is 3.23. The van der Waals surface area contributed by atoms with Gasteiger partial charge in [0.15, 0.2) is 5.84 Å². The molecule has 1 unspecified atom stereocenters. The van der Waals surface area contributed by atoms with E-state index >= 15 is 0 Å². The molecule has 1 aromatic rings. The van der Waals surface area contributed by atoms with Gasteiger partial charge in [-0.1, -0.05) is 24.2 Å². The van der Waals surface area contributed by atoms with E-state index in [4.69, 9.17) is 16.0 Å². The Balaban J connectivity index is 2.88. The molecule has 0 aliphatic heterocycles. The van der Waals surface area contributed by atoms with Gasteiger partial charge in [0, 0.05) is 5.69 Å². The van der Waals surface area contributed by atoms with E-state index in [9.17, 15) is 4.79 Å². The number of nitrogens with two attached hydrogens (primary N) is 1. The summed E-state index contributed by atoms with van der Waals surface area (Å²) in [6.45, 7) is 3.34. The molecule has 104 valence electrons. The van der Waals surface area contributed by atoms with Crippen LogP contribution < -0.4 is 11.1 Å². The standard InChI is InChI=1S/C13H19N3O3/c1-3-13(2,11(14)16-19)12(18)15-10-6-4-9(8-17)5-7-10/h4-7,17,19H,3,8H2,1-2H3,(H2,14,16)(H,15,18). The lowest BCUT2D eigenvalue weighted by Gasteiger charge is -2.25. The first kappa shape index (κ1) is 15.0. The fourth-order valence-corrected chi connectivity index (χ4v) is 1.53. The predicted octanol–water partition coefficient (Wildman–Crippen LogP) is 1.28. The van der Waals surface area contributed by atoms with Crippen molar-refractivity contribution >= 4 is 17.4 Å². The molecule has 5 N–H and O–H groups in total. The van der Waals surface area contributed by atoms with Gasteiger partial charge in [-0.05, 0) is 31.0 Å². The summed E-state index contributed by atoms with van der Waals surface area (Å²) in [5, 5.41) is 23.3. The number of benzene rings is 1. The second-order valence-electron chi connectivity index (χ2n) is 4.48. The summed E-state index contributed by atoms with van der Waals surface area (Å²) in [5.74, 6) is -0.471. The molecule has 0 saturated heterocycles. The van der Waals surface area contributed by atoms with Crippen LogP contribution in [0.25, 0.3) is 0 Å². The zero-order chi connectivity index (χ0) is 14.5. The lowest BCUT2D eigenvalue weighted by atomic mass is 9.85. The van der Waals surface area contributed by atoms with Gasteiger partial charge < -0.3 is 21.4 Å². The van der Waals surface area contributed by atoms with Gasteiger partial charge in [0.25, 0.3) is 0 Å². The molecular formula is C13H19N3O3. The van der Waals surface area contributed by atoms with Crippen molar-refractivity contribution in [3.8, 4) is 0 Å². The fraction of sp³-hybridized carbons (Fsp3) is 0.385. The molecule has 0 aromatic heterocycles. The number of amidine groups is 1. The molecular weight excluding hydrogens is 246 g/mol. The smallest absolute Gasteiger partial charge is 0.238 e. The van der Waals surface area contributed by atoms with Crippen LogP contribution >= 0.6 is 0 Å². The maximum atomic E-state index is 12.2. The first-order valence-electron chi connectivity index (χ1n) is 5.97. The number of hydrogen-bond donors (Lipinski definition) is 4. The van der Waals surface area contributed by atoms with Gasteiger partial charge in [0.1, 0.15) is 5.41 Å². The van der Waals surface area contributed by atoms with Gasteiger partial charge in [-0.15, -0.1) is 0 Å². The van der Waals surface area contributed by atoms with E-state index in [0.29, 0.717) is 12.1 Å². The lowest BCUT2D eigenvalue weighted by molar-refractivity contribution is -0.121. The van der Waals surface area contributed by atoms with E-state index < -0.39 is 5.41 Å². The highest BCUT2D eigenvalue weighted by molar-refractivity contribution is 6.11. The number of amides is 1. The van der Waals surface area contributed by atoms with Crippen molar-refractivity contribution in [2.75, 3.05) is 5.32 Å². The molecule has 1 rings (SSSR count). The topological polar surface area (TPSA) is 108 Å². The second-order valence-corrected chi connectivity index (χ2v) is 4.48. The molecule has 6 nitrogen and oxygen atoms in total. The van der Waals surface area contributed by atoms with Crippen molar-refractivity contribution < 1.29 is 15.1 Å². The van der Waals surface area contributed by atoms with Crippen LogP contribution in [0.4, 0.5) is 5.69 Å². The molecule has 0 spiro atoms. The van der Waals surface area contributed by atoms with Gasteiger partial charge in [0.2, 0.25) is 5.91 Å². The third-order valence-electron chi connectivity index (χ3n) is 3.28. The molecule has 0 heterocycles. The summed E-state index contributed by atoms with van der Waals surface area (Å²) in [6.07, 6.45) is 0.406. The van der Waals surface area contributed by atoms with Gasteiger partial charge in [-0.3, -0.25) is 4.79 Å². The molecule has 0 fully saturated rings. The van der Waals surface area contributed by atoms with E-state index in [1.54, 1.807) is 38.1 Å². The highest BCUT2D eigenvalue weighted by atomic mass is 16.4. The number of nitrogens with zero attached hydrogens (tertiary/aromatic N) is 1. The number of carbonyl (C=O) groups is 1. The Morgan fingerprint density at radius 1 is 1.42 bits per heavy atom. The van der Waals surface area contributed by atoms with Crippen molar-refractivity contribution in [1.82, 2.24) is 0 Å².